The van der Waals surface area contributed by atoms with Crippen LogP contribution in [0.1, 0.15) is 17.9 Å². The molecule has 2 aromatic carbocycles. The molecule has 3 rings (SSSR count). The summed E-state index contributed by atoms with van der Waals surface area (Å²) >= 11 is 3.36. The number of rotatable bonds is 4. The van der Waals surface area contributed by atoms with Crippen molar-refractivity contribution >= 4 is 50.7 Å². The van der Waals surface area contributed by atoms with Crippen LogP contribution in [0.25, 0.3) is 0 Å². The SMILES string of the molecule is C=CC(=O)Nc1cc(NC(=O)C2CC(=O)Nc3ccc(Br)cc32)ccc1F. The average Bonchev–Trinajstić information content (AvgIpc) is 2.64. The van der Waals surface area contributed by atoms with Crippen molar-refractivity contribution in [1.82, 2.24) is 0 Å². The molecule has 0 bridgehead atoms. The zero-order chi connectivity index (χ0) is 19.6. The van der Waals surface area contributed by atoms with Crippen LogP contribution in [0.4, 0.5) is 21.5 Å². The Bertz CT molecular complexity index is 961. The lowest BCUT2D eigenvalue weighted by molar-refractivity contribution is -0.123. The molecule has 138 valence electrons. The van der Waals surface area contributed by atoms with Gasteiger partial charge in [-0.25, -0.2) is 4.39 Å². The van der Waals surface area contributed by atoms with E-state index >= 15 is 0 Å². The molecule has 1 unspecified atom stereocenters. The van der Waals surface area contributed by atoms with E-state index in [9.17, 15) is 18.8 Å². The van der Waals surface area contributed by atoms with E-state index in [0.29, 0.717) is 16.9 Å². The first-order valence-corrected chi connectivity index (χ1v) is 8.80. The van der Waals surface area contributed by atoms with Gasteiger partial charge in [0.05, 0.1) is 11.6 Å². The molecule has 3 amide bonds. The molecular formula is C19H15BrFN3O3. The largest absolute Gasteiger partial charge is 0.326 e. The maximum Gasteiger partial charge on any atom is 0.247 e. The summed E-state index contributed by atoms with van der Waals surface area (Å²) in [6, 6.07) is 9.08. The van der Waals surface area contributed by atoms with Crippen molar-refractivity contribution in [2.45, 2.75) is 12.3 Å². The molecule has 1 heterocycles. The van der Waals surface area contributed by atoms with Crippen LogP contribution in [-0.2, 0) is 14.4 Å². The van der Waals surface area contributed by atoms with Crippen LogP contribution in [0.3, 0.4) is 0 Å². The standard InChI is InChI=1S/C19H15BrFN3O3/c1-2-17(25)24-16-8-11(4-5-14(16)21)22-19(27)13-9-18(26)23-15-6-3-10(20)7-12(13)15/h2-8,13H,1,9H2,(H,22,27)(H,23,26)(H,24,25). The average molecular weight is 432 g/mol. The van der Waals surface area contributed by atoms with Crippen molar-refractivity contribution in [2.24, 2.45) is 0 Å². The second-order valence-electron chi connectivity index (χ2n) is 5.91. The van der Waals surface area contributed by atoms with Gasteiger partial charge in [-0.05, 0) is 48.0 Å². The van der Waals surface area contributed by atoms with Gasteiger partial charge in [-0.15, -0.1) is 0 Å². The van der Waals surface area contributed by atoms with E-state index in [1.165, 1.54) is 12.1 Å². The smallest absolute Gasteiger partial charge is 0.247 e. The molecule has 1 atom stereocenters. The van der Waals surface area contributed by atoms with Crippen LogP contribution in [0.5, 0.6) is 0 Å². The van der Waals surface area contributed by atoms with Crippen LogP contribution < -0.4 is 16.0 Å². The van der Waals surface area contributed by atoms with Gasteiger partial charge in [0, 0.05) is 22.3 Å². The fraction of sp³-hybridized carbons (Fsp3) is 0.105. The number of benzene rings is 2. The Hall–Kier alpha value is -3.00. The molecule has 8 heteroatoms. The van der Waals surface area contributed by atoms with Gasteiger partial charge in [0.15, 0.2) is 0 Å². The Kier molecular flexibility index (Phi) is 5.36. The summed E-state index contributed by atoms with van der Waals surface area (Å²) in [4.78, 5) is 36.1. The van der Waals surface area contributed by atoms with Gasteiger partial charge in [-0.2, -0.15) is 0 Å². The minimum atomic E-state index is -0.692. The zero-order valence-electron chi connectivity index (χ0n) is 14.0. The summed E-state index contributed by atoms with van der Waals surface area (Å²) in [6.45, 7) is 3.31. The minimum Gasteiger partial charge on any atom is -0.326 e. The van der Waals surface area contributed by atoms with Crippen LogP contribution >= 0.6 is 15.9 Å². The van der Waals surface area contributed by atoms with Crippen molar-refractivity contribution in [3.63, 3.8) is 0 Å². The number of anilines is 3. The monoisotopic (exact) mass is 431 g/mol. The first kappa shape index (κ1) is 18.8. The highest BCUT2D eigenvalue weighted by molar-refractivity contribution is 9.10. The third-order valence-electron chi connectivity index (χ3n) is 4.05. The highest BCUT2D eigenvalue weighted by Crippen LogP contribution is 2.35. The number of fused-ring (bicyclic) bond motifs is 1. The van der Waals surface area contributed by atoms with Gasteiger partial charge in [-0.1, -0.05) is 22.5 Å². The molecule has 3 N–H and O–H groups in total. The quantitative estimate of drug-likeness (QED) is 0.643. The molecule has 27 heavy (non-hydrogen) atoms. The fourth-order valence-electron chi connectivity index (χ4n) is 2.78. The molecule has 0 saturated carbocycles. The lowest BCUT2D eigenvalue weighted by Crippen LogP contribution is -2.30. The molecule has 0 saturated heterocycles. The van der Waals surface area contributed by atoms with E-state index in [2.05, 4.69) is 38.5 Å². The van der Waals surface area contributed by atoms with Gasteiger partial charge in [-0.3, -0.25) is 14.4 Å². The zero-order valence-corrected chi connectivity index (χ0v) is 15.6. The van der Waals surface area contributed by atoms with Crippen LogP contribution in [-0.4, -0.2) is 17.7 Å². The molecule has 2 aromatic rings. The topological polar surface area (TPSA) is 87.3 Å². The van der Waals surface area contributed by atoms with Crippen LogP contribution in [0.2, 0.25) is 0 Å². The first-order valence-electron chi connectivity index (χ1n) is 8.00. The number of hydrogen-bond donors (Lipinski definition) is 3. The maximum absolute atomic E-state index is 13.8. The van der Waals surface area contributed by atoms with E-state index in [1.54, 1.807) is 18.2 Å². The summed E-state index contributed by atoms with van der Waals surface area (Å²) in [5, 5.41) is 7.74. The molecule has 1 aliphatic heterocycles. The van der Waals surface area contributed by atoms with E-state index in [1.807, 2.05) is 0 Å². The first-order chi connectivity index (χ1) is 12.9. The van der Waals surface area contributed by atoms with Crippen molar-refractivity contribution in [3.05, 3.63) is 64.9 Å². The van der Waals surface area contributed by atoms with Gasteiger partial charge in [0.2, 0.25) is 17.7 Å². The maximum atomic E-state index is 13.8. The Morgan fingerprint density at radius 1 is 1.22 bits per heavy atom. The third kappa shape index (κ3) is 4.22. The molecule has 0 fully saturated rings. The summed E-state index contributed by atoms with van der Waals surface area (Å²) < 4.78 is 14.6. The van der Waals surface area contributed by atoms with Gasteiger partial charge < -0.3 is 16.0 Å². The van der Waals surface area contributed by atoms with E-state index in [0.717, 1.165) is 16.6 Å². The molecule has 6 nitrogen and oxygen atoms in total. The van der Waals surface area contributed by atoms with Gasteiger partial charge >= 0.3 is 0 Å². The van der Waals surface area contributed by atoms with Crippen LogP contribution in [0, 0.1) is 5.82 Å². The van der Waals surface area contributed by atoms with Crippen molar-refractivity contribution in [1.29, 1.82) is 0 Å². The highest BCUT2D eigenvalue weighted by Gasteiger charge is 2.31. The third-order valence-corrected chi connectivity index (χ3v) is 4.54. The van der Waals surface area contributed by atoms with Crippen molar-refractivity contribution in [2.75, 3.05) is 16.0 Å². The molecule has 0 spiro atoms. The normalized spacial score (nSPS) is 15.3. The van der Waals surface area contributed by atoms with E-state index < -0.39 is 23.5 Å². The number of nitrogens with one attached hydrogen (secondary N) is 3. The lowest BCUT2D eigenvalue weighted by atomic mass is 9.89. The second-order valence-corrected chi connectivity index (χ2v) is 6.83. The molecular weight excluding hydrogens is 417 g/mol. The van der Waals surface area contributed by atoms with E-state index in [-0.39, 0.29) is 18.0 Å². The predicted octanol–water partition coefficient (Wildman–Crippen LogP) is 3.78. The van der Waals surface area contributed by atoms with Gasteiger partial charge in [0.1, 0.15) is 5.82 Å². The second kappa shape index (κ2) is 7.71. The Labute approximate surface area is 163 Å². The Morgan fingerprint density at radius 3 is 2.74 bits per heavy atom. The molecule has 0 aliphatic carbocycles. The number of amides is 3. The summed E-state index contributed by atoms with van der Waals surface area (Å²) in [5.74, 6) is -2.57. The Balaban J connectivity index is 1.85. The number of halogens is 2. The number of carbonyl (C=O) groups is 3. The molecule has 0 aromatic heterocycles. The minimum absolute atomic E-state index is 0.00343. The fourth-order valence-corrected chi connectivity index (χ4v) is 3.16. The summed E-state index contributed by atoms with van der Waals surface area (Å²) in [5.41, 5.74) is 1.47. The Morgan fingerprint density at radius 2 is 2.00 bits per heavy atom. The van der Waals surface area contributed by atoms with E-state index in [4.69, 9.17) is 0 Å². The number of carbonyl (C=O) groups excluding carboxylic acids is 3. The van der Waals surface area contributed by atoms with Crippen molar-refractivity contribution < 1.29 is 18.8 Å². The van der Waals surface area contributed by atoms with Crippen LogP contribution in [0.15, 0.2) is 53.5 Å². The lowest BCUT2D eigenvalue weighted by Gasteiger charge is -2.25. The highest BCUT2D eigenvalue weighted by atomic mass is 79.9. The van der Waals surface area contributed by atoms with Gasteiger partial charge in [0.25, 0.3) is 0 Å². The molecule has 0 radical (unpaired) electrons. The summed E-state index contributed by atoms with van der Waals surface area (Å²) in [7, 11) is 0. The predicted molar refractivity (Wildman–Crippen MR) is 104 cm³/mol. The molecule has 1 aliphatic rings. The van der Waals surface area contributed by atoms with Crippen molar-refractivity contribution in [3.8, 4) is 0 Å². The number of hydrogen-bond acceptors (Lipinski definition) is 3. The summed E-state index contributed by atoms with van der Waals surface area (Å²) in [6.07, 6.45) is 1.01.